The van der Waals surface area contributed by atoms with E-state index in [0.717, 1.165) is 10.9 Å². The van der Waals surface area contributed by atoms with Gasteiger partial charge in [-0.1, -0.05) is 24.3 Å². The summed E-state index contributed by atoms with van der Waals surface area (Å²) in [5.41, 5.74) is 1.50. The van der Waals surface area contributed by atoms with Crippen molar-refractivity contribution in [3.05, 3.63) is 72.4 Å². The van der Waals surface area contributed by atoms with Crippen LogP contribution in [0.2, 0.25) is 0 Å². The Labute approximate surface area is 176 Å². The van der Waals surface area contributed by atoms with Crippen molar-refractivity contribution in [1.29, 1.82) is 0 Å². The molecule has 4 rings (SSSR count). The zero-order valence-corrected chi connectivity index (χ0v) is 17.2. The Kier molecular flexibility index (Phi) is 5.65. The van der Waals surface area contributed by atoms with Crippen LogP contribution >= 0.6 is 0 Å². The number of ether oxygens (including phenoxy) is 1. The summed E-state index contributed by atoms with van der Waals surface area (Å²) in [7, 11) is 0. The van der Waals surface area contributed by atoms with Crippen LogP contribution < -0.4 is 4.74 Å². The second kappa shape index (κ2) is 8.53. The fourth-order valence-corrected chi connectivity index (χ4v) is 3.89. The Morgan fingerprint density at radius 2 is 1.83 bits per heavy atom. The van der Waals surface area contributed by atoms with Crippen molar-refractivity contribution in [3.63, 3.8) is 0 Å². The highest BCUT2D eigenvalue weighted by Crippen LogP contribution is 2.25. The number of hydrogen-bond acceptors (Lipinski definition) is 4. The minimum atomic E-state index is -0.630. The molecule has 0 saturated carbocycles. The fourth-order valence-electron chi connectivity index (χ4n) is 3.89. The zero-order valence-electron chi connectivity index (χ0n) is 17.2. The number of piperazine rings is 1. The molecule has 1 fully saturated rings. The van der Waals surface area contributed by atoms with Gasteiger partial charge in [0.25, 0.3) is 11.8 Å². The van der Waals surface area contributed by atoms with Crippen molar-refractivity contribution in [2.75, 3.05) is 19.6 Å². The SMILES string of the molecule is C[C@H](Oc1cccc2ncccc12)C(=O)N1CCN(C(=O)c2ccccc2)C[C@H]1C. The van der Waals surface area contributed by atoms with E-state index in [-0.39, 0.29) is 17.9 Å². The van der Waals surface area contributed by atoms with Crippen LogP contribution in [0.25, 0.3) is 10.9 Å². The molecule has 2 atom stereocenters. The molecule has 2 heterocycles. The van der Waals surface area contributed by atoms with E-state index in [2.05, 4.69) is 4.98 Å². The lowest BCUT2D eigenvalue weighted by Gasteiger charge is -2.40. The van der Waals surface area contributed by atoms with Crippen LogP contribution in [0.5, 0.6) is 5.75 Å². The molecule has 0 unspecified atom stereocenters. The Morgan fingerprint density at radius 3 is 2.60 bits per heavy atom. The van der Waals surface area contributed by atoms with Crippen LogP contribution in [0.4, 0.5) is 0 Å². The lowest BCUT2D eigenvalue weighted by Crippen LogP contribution is -2.57. The first-order chi connectivity index (χ1) is 14.5. The molecule has 2 aromatic carbocycles. The van der Waals surface area contributed by atoms with Crippen molar-refractivity contribution in [2.24, 2.45) is 0 Å². The van der Waals surface area contributed by atoms with E-state index in [1.54, 1.807) is 13.1 Å². The van der Waals surface area contributed by atoms with Gasteiger partial charge in [0.1, 0.15) is 5.75 Å². The summed E-state index contributed by atoms with van der Waals surface area (Å²) >= 11 is 0. The van der Waals surface area contributed by atoms with E-state index in [1.165, 1.54) is 0 Å². The lowest BCUT2D eigenvalue weighted by molar-refractivity contribution is -0.142. The number of nitrogens with zero attached hydrogens (tertiary/aromatic N) is 3. The number of carbonyl (C=O) groups is 2. The highest BCUT2D eigenvalue weighted by atomic mass is 16.5. The van der Waals surface area contributed by atoms with Gasteiger partial charge in [0.2, 0.25) is 0 Å². The molecule has 2 amide bonds. The van der Waals surface area contributed by atoms with Crippen LogP contribution in [-0.2, 0) is 4.79 Å². The molecule has 6 nitrogen and oxygen atoms in total. The van der Waals surface area contributed by atoms with Gasteiger partial charge in [-0.3, -0.25) is 14.6 Å². The Bertz CT molecular complexity index is 1050. The summed E-state index contributed by atoms with van der Waals surface area (Å²) in [6, 6.07) is 18.6. The zero-order chi connectivity index (χ0) is 21.1. The molecule has 1 aromatic heterocycles. The van der Waals surface area contributed by atoms with Crippen LogP contribution in [0.1, 0.15) is 24.2 Å². The Hall–Kier alpha value is -3.41. The summed E-state index contributed by atoms with van der Waals surface area (Å²) in [4.78, 5) is 33.7. The molecule has 1 saturated heterocycles. The van der Waals surface area contributed by atoms with Crippen molar-refractivity contribution >= 4 is 22.7 Å². The van der Waals surface area contributed by atoms with Crippen LogP contribution in [0.3, 0.4) is 0 Å². The quantitative estimate of drug-likeness (QED) is 0.670. The number of amides is 2. The smallest absolute Gasteiger partial charge is 0.263 e. The molecule has 6 heteroatoms. The third-order valence-electron chi connectivity index (χ3n) is 5.48. The molecule has 3 aromatic rings. The van der Waals surface area contributed by atoms with E-state index in [4.69, 9.17) is 4.74 Å². The number of aromatic nitrogens is 1. The van der Waals surface area contributed by atoms with Gasteiger partial charge in [0, 0.05) is 42.8 Å². The molecule has 0 N–H and O–H groups in total. The average molecular weight is 403 g/mol. The highest BCUT2D eigenvalue weighted by molar-refractivity contribution is 5.94. The highest BCUT2D eigenvalue weighted by Gasteiger charge is 2.33. The molecule has 1 aliphatic heterocycles. The summed E-state index contributed by atoms with van der Waals surface area (Å²) in [5.74, 6) is 0.573. The summed E-state index contributed by atoms with van der Waals surface area (Å²) < 4.78 is 6.02. The molecule has 0 spiro atoms. The lowest BCUT2D eigenvalue weighted by atomic mass is 10.1. The molecule has 30 heavy (non-hydrogen) atoms. The van der Waals surface area contributed by atoms with Crippen molar-refractivity contribution in [3.8, 4) is 5.75 Å². The van der Waals surface area contributed by atoms with Crippen LogP contribution in [0, 0.1) is 0 Å². The monoisotopic (exact) mass is 403 g/mol. The third-order valence-corrected chi connectivity index (χ3v) is 5.48. The van der Waals surface area contributed by atoms with Gasteiger partial charge in [-0.05, 0) is 50.2 Å². The van der Waals surface area contributed by atoms with Crippen LogP contribution in [-0.4, -0.2) is 58.4 Å². The van der Waals surface area contributed by atoms with Gasteiger partial charge < -0.3 is 14.5 Å². The maximum absolute atomic E-state index is 13.1. The Balaban J connectivity index is 1.42. The van der Waals surface area contributed by atoms with Crippen molar-refractivity contribution < 1.29 is 14.3 Å². The number of rotatable bonds is 4. The minimum absolute atomic E-state index is 0.00195. The molecular weight excluding hydrogens is 378 g/mol. The first kappa shape index (κ1) is 19.9. The standard InChI is InChI=1S/C24H25N3O3/c1-17-16-26(24(29)19-8-4-3-5-9-19)14-15-27(17)23(28)18(2)30-22-12-6-11-21-20(22)10-7-13-25-21/h3-13,17-18H,14-16H2,1-2H3/t17-,18+/m1/s1. The maximum Gasteiger partial charge on any atom is 0.263 e. The average Bonchev–Trinajstić information content (AvgIpc) is 2.79. The topological polar surface area (TPSA) is 62.7 Å². The van der Waals surface area contributed by atoms with Crippen molar-refractivity contribution in [1.82, 2.24) is 14.8 Å². The van der Waals surface area contributed by atoms with Gasteiger partial charge >= 0.3 is 0 Å². The molecular formula is C24H25N3O3. The predicted molar refractivity (Wildman–Crippen MR) is 115 cm³/mol. The largest absolute Gasteiger partial charge is 0.480 e. The number of benzene rings is 2. The second-order valence-corrected chi connectivity index (χ2v) is 7.58. The van der Waals surface area contributed by atoms with Crippen LogP contribution in [0.15, 0.2) is 66.9 Å². The number of pyridine rings is 1. The number of fused-ring (bicyclic) bond motifs is 1. The van der Waals surface area contributed by atoms with E-state index < -0.39 is 6.10 Å². The number of carbonyl (C=O) groups excluding carboxylic acids is 2. The fraction of sp³-hybridized carbons (Fsp3) is 0.292. The molecule has 0 bridgehead atoms. The van der Waals surface area contributed by atoms with Gasteiger partial charge in [0.15, 0.2) is 6.10 Å². The minimum Gasteiger partial charge on any atom is -0.480 e. The maximum atomic E-state index is 13.1. The van der Waals surface area contributed by atoms with E-state index in [0.29, 0.717) is 30.9 Å². The van der Waals surface area contributed by atoms with Gasteiger partial charge in [-0.25, -0.2) is 0 Å². The van der Waals surface area contributed by atoms with Crippen molar-refractivity contribution in [2.45, 2.75) is 26.0 Å². The van der Waals surface area contributed by atoms with Gasteiger partial charge in [-0.2, -0.15) is 0 Å². The second-order valence-electron chi connectivity index (χ2n) is 7.58. The van der Waals surface area contributed by atoms with E-state index in [9.17, 15) is 9.59 Å². The summed E-state index contributed by atoms with van der Waals surface area (Å²) in [6.07, 6.45) is 1.10. The molecule has 154 valence electrons. The first-order valence-corrected chi connectivity index (χ1v) is 10.2. The van der Waals surface area contributed by atoms with E-state index in [1.807, 2.05) is 77.4 Å². The Morgan fingerprint density at radius 1 is 1.03 bits per heavy atom. The molecule has 0 radical (unpaired) electrons. The first-order valence-electron chi connectivity index (χ1n) is 10.2. The van der Waals surface area contributed by atoms with E-state index >= 15 is 0 Å². The third kappa shape index (κ3) is 3.99. The number of hydrogen-bond donors (Lipinski definition) is 0. The van der Waals surface area contributed by atoms with Gasteiger partial charge in [0.05, 0.1) is 5.52 Å². The van der Waals surface area contributed by atoms with Gasteiger partial charge in [-0.15, -0.1) is 0 Å². The summed E-state index contributed by atoms with van der Waals surface area (Å²) in [5, 5.41) is 0.881. The molecule has 1 aliphatic rings. The molecule has 0 aliphatic carbocycles. The summed E-state index contributed by atoms with van der Waals surface area (Å²) in [6.45, 7) is 5.24. The predicted octanol–water partition coefficient (Wildman–Crippen LogP) is 3.38. The normalized spacial score (nSPS) is 17.6.